The summed E-state index contributed by atoms with van der Waals surface area (Å²) in [5.74, 6) is 0.604. The number of ether oxygens (including phenoxy) is 1. The van der Waals surface area contributed by atoms with E-state index in [1.165, 1.54) is 23.8 Å². The maximum absolute atomic E-state index is 12.5. The van der Waals surface area contributed by atoms with Gasteiger partial charge in [-0.05, 0) is 24.6 Å². The van der Waals surface area contributed by atoms with Gasteiger partial charge in [-0.1, -0.05) is 42.0 Å². The molecular weight excluding hydrogens is 369 g/mol. The van der Waals surface area contributed by atoms with Crippen LogP contribution in [0, 0.1) is 6.92 Å². The van der Waals surface area contributed by atoms with E-state index in [1.807, 2.05) is 31.2 Å². The maximum Gasteiger partial charge on any atom is 0.573 e. The first-order chi connectivity index (χ1) is 13.3. The van der Waals surface area contributed by atoms with E-state index in [0.29, 0.717) is 29.6 Å². The van der Waals surface area contributed by atoms with Crippen molar-refractivity contribution in [2.45, 2.75) is 19.8 Å². The summed E-state index contributed by atoms with van der Waals surface area (Å²) in [7, 11) is 1.67. The van der Waals surface area contributed by atoms with Crippen molar-refractivity contribution in [3.63, 3.8) is 0 Å². The largest absolute Gasteiger partial charge is 0.573 e. The van der Waals surface area contributed by atoms with Crippen LogP contribution in [-0.2, 0) is 6.54 Å². The van der Waals surface area contributed by atoms with E-state index in [0.717, 1.165) is 5.56 Å². The summed E-state index contributed by atoms with van der Waals surface area (Å²) < 4.78 is 41.4. The lowest BCUT2D eigenvalue weighted by molar-refractivity contribution is -0.274. The zero-order valence-corrected chi connectivity index (χ0v) is 15.3. The van der Waals surface area contributed by atoms with Crippen LogP contribution >= 0.6 is 0 Å². The number of alkyl halides is 3. The highest BCUT2D eigenvalue weighted by molar-refractivity contribution is 5.65. The first-order valence-corrected chi connectivity index (χ1v) is 8.55. The Hall–Kier alpha value is -3.29. The Bertz CT molecular complexity index is 943. The van der Waals surface area contributed by atoms with Crippen molar-refractivity contribution in [3.05, 3.63) is 65.7 Å². The average Bonchev–Trinajstić information content (AvgIpc) is 2.66. The van der Waals surface area contributed by atoms with Crippen molar-refractivity contribution in [3.8, 4) is 17.0 Å². The number of anilines is 2. The van der Waals surface area contributed by atoms with Crippen LogP contribution in [0.3, 0.4) is 0 Å². The molecule has 28 heavy (non-hydrogen) atoms. The third-order valence-corrected chi connectivity index (χ3v) is 3.91. The molecule has 8 heteroatoms. The third-order valence-electron chi connectivity index (χ3n) is 3.91. The number of hydrogen-bond acceptors (Lipinski definition) is 5. The van der Waals surface area contributed by atoms with Gasteiger partial charge in [0.05, 0.1) is 5.69 Å². The number of benzene rings is 2. The lowest BCUT2D eigenvalue weighted by Gasteiger charge is -2.12. The smallest absolute Gasteiger partial charge is 0.406 e. The van der Waals surface area contributed by atoms with E-state index in [9.17, 15) is 13.2 Å². The van der Waals surface area contributed by atoms with Crippen LogP contribution in [0.25, 0.3) is 11.3 Å². The Morgan fingerprint density at radius 2 is 1.75 bits per heavy atom. The second-order valence-electron chi connectivity index (χ2n) is 6.13. The fourth-order valence-corrected chi connectivity index (χ4v) is 2.55. The molecule has 0 bridgehead atoms. The molecule has 0 saturated carbocycles. The number of nitrogens with one attached hydrogen (secondary N) is 2. The number of hydrogen-bond donors (Lipinski definition) is 2. The summed E-state index contributed by atoms with van der Waals surface area (Å²) in [6, 6.07) is 15.4. The van der Waals surface area contributed by atoms with Crippen molar-refractivity contribution in [1.82, 2.24) is 9.97 Å². The minimum Gasteiger partial charge on any atom is -0.406 e. The lowest BCUT2D eigenvalue weighted by Crippen LogP contribution is -2.17. The summed E-state index contributed by atoms with van der Waals surface area (Å²) in [6.45, 7) is 2.57. The third kappa shape index (κ3) is 5.35. The summed E-state index contributed by atoms with van der Waals surface area (Å²) in [5, 5.41) is 6.08. The molecule has 0 amide bonds. The lowest BCUT2D eigenvalue weighted by atomic mass is 10.1. The number of rotatable bonds is 6. The summed E-state index contributed by atoms with van der Waals surface area (Å²) >= 11 is 0. The van der Waals surface area contributed by atoms with Gasteiger partial charge in [0.15, 0.2) is 0 Å². The van der Waals surface area contributed by atoms with Crippen LogP contribution in [0.4, 0.5) is 24.9 Å². The molecule has 0 unspecified atom stereocenters. The molecule has 2 N–H and O–H groups in total. The molecule has 5 nitrogen and oxygen atoms in total. The highest BCUT2D eigenvalue weighted by Crippen LogP contribution is 2.28. The monoisotopic (exact) mass is 388 g/mol. The minimum absolute atomic E-state index is 0.302. The van der Waals surface area contributed by atoms with Crippen molar-refractivity contribution in [2.24, 2.45) is 0 Å². The van der Waals surface area contributed by atoms with E-state index in [1.54, 1.807) is 19.2 Å². The SMILES string of the molecule is CNc1nc(NCc2ccc(C)cc2)cc(-c2cccc(OC(F)(F)F)c2)n1. The average molecular weight is 388 g/mol. The Morgan fingerprint density at radius 3 is 2.43 bits per heavy atom. The van der Waals surface area contributed by atoms with Gasteiger partial charge in [0.2, 0.25) is 5.95 Å². The zero-order valence-electron chi connectivity index (χ0n) is 15.3. The molecule has 0 aliphatic rings. The second-order valence-corrected chi connectivity index (χ2v) is 6.13. The molecule has 0 saturated heterocycles. The highest BCUT2D eigenvalue weighted by atomic mass is 19.4. The van der Waals surface area contributed by atoms with Gasteiger partial charge in [-0.15, -0.1) is 13.2 Å². The molecule has 3 rings (SSSR count). The Morgan fingerprint density at radius 1 is 1.00 bits per heavy atom. The van der Waals surface area contributed by atoms with E-state index in [-0.39, 0.29) is 5.75 Å². The molecule has 1 aromatic heterocycles. The number of halogens is 3. The molecule has 0 atom stereocenters. The molecule has 0 radical (unpaired) electrons. The van der Waals surface area contributed by atoms with Gasteiger partial charge in [0.1, 0.15) is 11.6 Å². The van der Waals surface area contributed by atoms with Crippen LogP contribution in [0.1, 0.15) is 11.1 Å². The van der Waals surface area contributed by atoms with E-state index in [4.69, 9.17) is 0 Å². The van der Waals surface area contributed by atoms with Crippen molar-refractivity contribution < 1.29 is 17.9 Å². The van der Waals surface area contributed by atoms with Crippen molar-refractivity contribution in [2.75, 3.05) is 17.7 Å². The van der Waals surface area contributed by atoms with Crippen LogP contribution in [0.2, 0.25) is 0 Å². The topological polar surface area (TPSA) is 59.1 Å². The van der Waals surface area contributed by atoms with Gasteiger partial charge in [-0.3, -0.25) is 0 Å². The number of nitrogens with zero attached hydrogens (tertiary/aromatic N) is 2. The van der Waals surface area contributed by atoms with Crippen molar-refractivity contribution >= 4 is 11.8 Å². The molecule has 0 fully saturated rings. The van der Waals surface area contributed by atoms with Gasteiger partial charge in [-0.2, -0.15) is 4.98 Å². The quantitative estimate of drug-likeness (QED) is 0.622. The fourth-order valence-electron chi connectivity index (χ4n) is 2.55. The molecule has 3 aromatic rings. The van der Waals surface area contributed by atoms with Crippen LogP contribution < -0.4 is 15.4 Å². The molecule has 1 heterocycles. The number of aromatic nitrogens is 2. The van der Waals surface area contributed by atoms with Gasteiger partial charge >= 0.3 is 6.36 Å². The fraction of sp³-hybridized carbons (Fsp3) is 0.200. The normalized spacial score (nSPS) is 11.2. The maximum atomic E-state index is 12.5. The predicted octanol–water partition coefficient (Wildman–Crippen LogP) is 5.00. The van der Waals surface area contributed by atoms with Gasteiger partial charge in [-0.25, -0.2) is 4.98 Å². The van der Waals surface area contributed by atoms with Gasteiger partial charge in [0, 0.05) is 25.2 Å². The minimum atomic E-state index is -4.75. The second kappa shape index (κ2) is 8.16. The van der Waals surface area contributed by atoms with Gasteiger partial charge < -0.3 is 15.4 Å². The van der Waals surface area contributed by atoms with E-state index >= 15 is 0 Å². The summed E-state index contributed by atoms with van der Waals surface area (Å²) in [6.07, 6.45) is -4.75. The molecule has 146 valence electrons. The van der Waals surface area contributed by atoms with Crippen LogP contribution in [-0.4, -0.2) is 23.4 Å². The predicted molar refractivity (Wildman–Crippen MR) is 102 cm³/mol. The summed E-state index contributed by atoms with van der Waals surface area (Å²) in [4.78, 5) is 8.67. The first kappa shape index (κ1) is 19.5. The molecule has 0 aliphatic carbocycles. The summed E-state index contributed by atoms with van der Waals surface area (Å²) in [5.41, 5.74) is 3.21. The zero-order chi connectivity index (χ0) is 20.1. The molecule has 2 aromatic carbocycles. The highest BCUT2D eigenvalue weighted by Gasteiger charge is 2.31. The van der Waals surface area contributed by atoms with Crippen molar-refractivity contribution in [1.29, 1.82) is 0 Å². The molecule has 0 spiro atoms. The van der Waals surface area contributed by atoms with E-state index in [2.05, 4.69) is 25.3 Å². The first-order valence-electron chi connectivity index (χ1n) is 8.55. The Kier molecular flexibility index (Phi) is 5.67. The standard InChI is InChI=1S/C20H19F3N4O/c1-13-6-8-14(9-7-13)12-25-18-11-17(26-19(24-2)27-18)15-4-3-5-16(10-15)28-20(21,22)23/h3-11H,12H2,1-2H3,(H2,24,25,26,27). The molecule has 0 aliphatic heterocycles. The van der Waals surface area contributed by atoms with Crippen LogP contribution in [0.5, 0.6) is 5.75 Å². The Labute approximate surface area is 160 Å². The Balaban J connectivity index is 1.84. The molecular formula is C20H19F3N4O. The number of aryl methyl sites for hydroxylation is 1. The van der Waals surface area contributed by atoms with Gasteiger partial charge in [0.25, 0.3) is 0 Å². The van der Waals surface area contributed by atoms with E-state index < -0.39 is 6.36 Å². The van der Waals surface area contributed by atoms with Crippen LogP contribution in [0.15, 0.2) is 54.6 Å².